The highest BCUT2D eigenvalue weighted by Crippen LogP contribution is 2.59. The number of thioether (sulfide) groups is 1. The van der Waals surface area contributed by atoms with Crippen molar-refractivity contribution in [3.8, 4) is 0 Å². The van der Waals surface area contributed by atoms with E-state index in [9.17, 15) is 14.0 Å². The average molecular weight is 384 g/mol. The van der Waals surface area contributed by atoms with E-state index in [-0.39, 0.29) is 22.4 Å². The lowest BCUT2D eigenvalue weighted by atomic mass is 10.0. The standard InChI is InChI=1S/C21H21FN2O2S/c1-14(25)24-13-20(2,3)27-21(24)17-6-4-5-7-18(17)23(19(21)26)12-15-8-10-16(22)11-9-15/h4-11H,12-13H2,1-3H3/t21-/m1/s1. The van der Waals surface area contributed by atoms with Gasteiger partial charge in [0.2, 0.25) is 5.91 Å². The van der Waals surface area contributed by atoms with Crippen molar-refractivity contribution in [2.45, 2.75) is 36.9 Å². The third-order valence-electron chi connectivity index (χ3n) is 5.07. The highest BCUT2D eigenvalue weighted by molar-refractivity contribution is 8.02. The van der Waals surface area contributed by atoms with E-state index >= 15 is 0 Å². The maximum atomic E-state index is 13.7. The van der Waals surface area contributed by atoms with Crippen molar-refractivity contribution >= 4 is 29.3 Å². The summed E-state index contributed by atoms with van der Waals surface area (Å²) in [6.45, 7) is 6.48. The normalized spacial score (nSPS) is 23.2. The van der Waals surface area contributed by atoms with Gasteiger partial charge in [0.25, 0.3) is 5.91 Å². The monoisotopic (exact) mass is 384 g/mol. The highest BCUT2D eigenvalue weighted by atomic mass is 32.2. The van der Waals surface area contributed by atoms with Gasteiger partial charge in [-0.15, -0.1) is 11.8 Å². The molecule has 0 N–H and O–H groups in total. The second kappa shape index (κ2) is 6.09. The van der Waals surface area contributed by atoms with Gasteiger partial charge in [-0.25, -0.2) is 4.39 Å². The van der Waals surface area contributed by atoms with E-state index < -0.39 is 4.87 Å². The summed E-state index contributed by atoms with van der Waals surface area (Å²) in [5.74, 6) is -0.530. The number of para-hydroxylation sites is 1. The van der Waals surface area contributed by atoms with Crippen molar-refractivity contribution in [2.24, 2.45) is 0 Å². The summed E-state index contributed by atoms with van der Waals surface area (Å²) in [7, 11) is 0. The van der Waals surface area contributed by atoms with E-state index in [0.717, 1.165) is 16.8 Å². The van der Waals surface area contributed by atoms with Crippen LogP contribution in [0.3, 0.4) is 0 Å². The second-order valence-electron chi connectivity index (χ2n) is 7.65. The molecule has 1 spiro atoms. The van der Waals surface area contributed by atoms with E-state index in [1.54, 1.807) is 21.9 Å². The van der Waals surface area contributed by atoms with Gasteiger partial charge >= 0.3 is 0 Å². The number of fused-ring (bicyclic) bond motifs is 2. The molecule has 2 aliphatic rings. The van der Waals surface area contributed by atoms with Gasteiger partial charge in [0.05, 0.1) is 12.2 Å². The summed E-state index contributed by atoms with van der Waals surface area (Å²) in [5.41, 5.74) is 2.50. The molecule has 2 aromatic carbocycles. The van der Waals surface area contributed by atoms with E-state index in [4.69, 9.17) is 0 Å². The number of anilines is 1. The molecule has 2 heterocycles. The Kier molecular flexibility index (Phi) is 4.07. The molecule has 2 aromatic rings. The Hall–Kier alpha value is -2.34. The number of carbonyl (C=O) groups is 2. The van der Waals surface area contributed by atoms with Crippen molar-refractivity contribution < 1.29 is 14.0 Å². The Morgan fingerprint density at radius 2 is 1.81 bits per heavy atom. The zero-order valence-corrected chi connectivity index (χ0v) is 16.3. The topological polar surface area (TPSA) is 40.6 Å². The average Bonchev–Trinajstić information content (AvgIpc) is 3.04. The fraction of sp³-hybridized carbons (Fsp3) is 0.333. The SMILES string of the molecule is CC(=O)N1CC(C)(C)S[C@]12C(=O)N(Cc1ccc(F)cc1)c1ccccc12. The molecule has 4 rings (SSSR count). The minimum atomic E-state index is -1.04. The summed E-state index contributed by atoms with van der Waals surface area (Å²) in [5, 5.41) is 0. The van der Waals surface area contributed by atoms with E-state index in [1.165, 1.54) is 30.8 Å². The third-order valence-corrected chi connectivity index (χ3v) is 6.66. The van der Waals surface area contributed by atoms with Crippen molar-refractivity contribution in [1.82, 2.24) is 4.90 Å². The zero-order chi connectivity index (χ0) is 19.4. The Balaban J connectivity index is 1.82. The van der Waals surface area contributed by atoms with Crippen LogP contribution in [0.25, 0.3) is 0 Å². The maximum absolute atomic E-state index is 13.7. The molecule has 0 bridgehead atoms. The van der Waals surface area contributed by atoms with Crippen molar-refractivity contribution in [2.75, 3.05) is 11.4 Å². The van der Waals surface area contributed by atoms with Gasteiger partial charge in [-0.05, 0) is 37.6 Å². The number of benzene rings is 2. The number of hydrogen-bond acceptors (Lipinski definition) is 3. The Labute approximate surface area is 162 Å². The first-order valence-corrected chi connectivity index (χ1v) is 9.70. The number of nitrogens with zero attached hydrogens (tertiary/aromatic N) is 2. The van der Waals surface area contributed by atoms with Crippen LogP contribution in [0, 0.1) is 5.82 Å². The molecule has 0 saturated carbocycles. The summed E-state index contributed by atoms with van der Waals surface area (Å²) >= 11 is 1.54. The zero-order valence-electron chi connectivity index (χ0n) is 15.5. The molecule has 1 saturated heterocycles. The minimum absolute atomic E-state index is 0.111. The lowest BCUT2D eigenvalue weighted by Gasteiger charge is -2.32. The van der Waals surface area contributed by atoms with Gasteiger partial charge in [0.1, 0.15) is 5.82 Å². The maximum Gasteiger partial charge on any atom is 0.268 e. The van der Waals surface area contributed by atoms with Crippen molar-refractivity contribution in [1.29, 1.82) is 0 Å². The minimum Gasteiger partial charge on any atom is -0.315 e. The van der Waals surface area contributed by atoms with Crippen LogP contribution in [0.15, 0.2) is 48.5 Å². The first-order valence-electron chi connectivity index (χ1n) is 8.89. The molecule has 0 radical (unpaired) electrons. The molecular weight excluding hydrogens is 363 g/mol. The molecule has 140 valence electrons. The fourth-order valence-corrected chi connectivity index (χ4v) is 5.78. The van der Waals surface area contributed by atoms with Gasteiger partial charge < -0.3 is 9.80 Å². The van der Waals surface area contributed by atoms with Crippen LogP contribution < -0.4 is 4.90 Å². The Morgan fingerprint density at radius 3 is 2.48 bits per heavy atom. The van der Waals surface area contributed by atoms with Crippen LogP contribution in [0.1, 0.15) is 31.9 Å². The summed E-state index contributed by atoms with van der Waals surface area (Å²) in [4.78, 5) is 28.5. The summed E-state index contributed by atoms with van der Waals surface area (Å²) in [6.07, 6.45) is 0. The van der Waals surface area contributed by atoms with Crippen molar-refractivity contribution in [3.63, 3.8) is 0 Å². The van der Waals surface area contributed by atoms with Gasteiger partial charge in [-0.3, -0.25) is 9.59 Å². The van der Waals surface area contributed by atoms with Crippen LogP contribution in [-0.4, -0.2) is 28.0 Å². The predicted octanol–water partition coefficient (Wildman–Crippen LogP) is 3.90. The molecule has 2 aliphatic heterocycles. The highest BCUT2D eigenvalue weighted by Gasteiger charge is 2.63. The molecule has 1 atom stereocenters. The van der Waals surface area contributed by atoms with Crippen LogP contribution >= 0.6 is 11.8 Å². The Bertz CT molecular complexity index is 928. The summed E-state index contributed by atoms with van der Waals surface area (Å²) < 4.78 is 13.0. The first kappa shape index (κ1) is 18.0. The summed E-state index contributed by atoms with van der Waals surface area (Å²) in [6, 6.07) is 13.8. The molecule has 2 amide bonds. The molecule has 1 fully saturated rings. The largest absolute Gasteiger partial charge is 0.315 e. The fourth-order valence-electron chi connectivity index (χ4n) is 4.00. The van der Waals surface area contributed by atoms with Crippen LogP contribution in [0.4, 0.5) is 10.1 Å². The van der Waals surface area contributed by atoms with Gasteiger partial charge in [0, 0.05) is 23.8 Å². The van der Waals surface area contributed by atoms with Crippen LogP contribution in [-0.2, 0) is 21.0 Å². The van der Waals surface area contributed by atoms with E-state index in [0.29, 0.717) is 13.1 Å². The lowest BCUT2D eigenvalue weighted by Crippen LogP contribution is -2.49. The number of carbonyl (C=O) groups excluding carboxylic acids is 2. The number of hydrogen-bond donors (Lipinski definition) is 0. The predicted molar refractivity (Wildman–Crippen MR) is 105 cm³/mol. The van der Waals surface area contributed by atoms with Gasteiger partial charge in [0.15, 0.2) is 4.87 Å². The number of amides is 2. The molecular formula is C21H21FN2O2S. The van der Waals surface area contributed by atoms with E-state index in [2.05, 4.69) is 13.8 Å². The second-order valence-corrected chi connectivity index (χ2v) is 9.55. The molecule has 0 aliphatic carbocycles. The third kappa shape index (κ3) is 2.74. The molecule has 4 nitrogen and oxygen atoms in total. The number of rotatable bonds is 2. The quantitative estimate of drug-likeness (QED) is 0.789. The molecule has 27 heavy (non-hydrogen) atoms. The Morgan fingerprint density at radius 1 is 1.15 bits per heavy atom. The van der Waals surface area contributed by atoms with Gasteiger partial charge in [-0.1, -0.05) is 30.3 Å². The number of halogens is 1. The molecule has 6 heteroatoms. The van der Waals surface area contributed by atoms with E-state index in [1.807, 2.05) is 24.3 Å². The van der Waals surface area contributed by atoms with Crippen molar-refractivity contribution in [3.05, 3.63) is 65.5 Å². The van der Waals surface area contributed by atoms with Gasteiger partial charge in [-0.2, -0.15) is 0 Å². The van der Waals surface area contributed by atoms with Crippen LogP contribution in [0.2, 0.25) is 0 Å². The molecule has 0 aromatic heterocycles. The molecule has 0 unspecified atom stereocenters. The smallest absolute Gasteiger partial charge is 0.268 e. The first-order chi connectivity index (χ1) is 12.7. The van der Waals surface area contributed by atoms with Crippen LogP contribution in [0.5, 0.6) is 0 Å². The lowest BCUT2D eigenvalue weighted by molar-refractivity contribution is -0.138.